The number of hydrogen-bond donors (Lipinski definition) is 0. The monoisotopic (exact) mass is 351 g/mol. The predicted molar refractivity (Wildman–Crippen MR) is 102 cm³/mol. The Bertz CT molecular complexity index is 896. The van der Waals surface area contributed by atoms with Gasteiger partial charge in [-0.15, -0.1) is 0 Å². The van der Waals surface area contributed by atoms with Crippen LogP contribution in [0.5, 0.6) is 0 Å². The fraction of sp³-hybridized carbons (Fsp3) is 0.250. The van der Waals surface area contributed by atoms with E-state index in [1.807, 2.05) is 19.9 Å². The van der Waals surface area contributed by atoms with Crippen molar-refractivity contribution in [1.82, 2.24) is 14.5 Å². The minimum Gasteiger partial charge on any atom is -0.318 e. The third-order valence-corrected chi connectivity index (χ3v) is 4.95. The van der Waals surface area contributed by atoms with E-state index in [-0.39, 0.29) is 5.78 Å². The smallest absolute Gasteiger partial charge is 0.187 e. The lowest BCUT2D eigenvalue weighted by Gasteiger charge is -2.12. The average molecular weight is 351 g/mol. The van der Waals surface area contributed by atoms with Gasteiger partial charge in [0.25, 0.3) is 0 Å². The van der Waals surface area contributed by atoms with Crippen molar-refractivity contribution in [2.24, 2.45) is 0 Å². The van der Waals surface area contributed by atoms with Gasteiger partial charge in [0.15, 0.2) is 10.9 Å². The van der Waals surface area contributed by atoms with Crippen molar-refractivity contribution >= 4 is 17.5 Å². The van der Waals surface area contributed by atoms with E-state index < -0.39 is 0 Å². The summed E-state index contributed by atoms with van der Waals surface area (Å²) in [5.74, 6) is 0.433. The Labute approximate surface area is 152 Å². The molecule has 0 atom stereocenters. The van der Waals surface area contributed by atoms with Crippen LogP contribution < -0.4 is 0 Å². The minimum absolute atomic E-state index is 0.0983. The molecular weight excluding hydrogens is 330 g/mol. The second kappa shape index (κ2) is 7.23. The van der Waals surface area contributed by atoms with E-state index in [1.54, 1.807) is 18.5 Å². The van der Waals surface area contributed by atoms with Crippen molar-refractivity contribution in [3.63, 3.8) is 0 Å². The van der Waals surface area contributed by atoms with Crippen LogP contribution in [0.15, 0.2) is 47.9 Å². The van der Waals surface area contributed by atoms with Gasteiger partial charge >= 0.3 is 0 Å². The molecule has 0 radical (unpaired) electrons. The van der Waals surface area contributed by atoms with E-state index >= 15 is 0 Å². The molecule has 0 saturated carbocycles. The lowest BCUT2D eigenvalue weighted by atomic mass is 10.1. The number of nitrogens with zero attached hydrogens (tertiary/aromatic N) is 3. The Morgan fingerprint density at radius 3 is 2.28 bits per heavy atom. The molecular formula is C20H21N3OS. The first kappa shape index (κ1) is 17.4. The molecule has 0 unspecified atom stereocenters. The molecule has 0 aliphatic rings. The summed E-state index contributed by atoms with van der Waals surface area (Å²) in [5, 5.41) is 0.624. The topological polar surface area (TPSA) is 47.8 Å². The van der Waals surface area contributed by atoms with Gasteiger partial charge in [0.2, 0.25) is 0 Å². The van der Waals surface area contributed by atoms with Crippen LogP contribution in [-0.4, -0.2) is 26.1 Å². The van der Waals surface area contributed by atoms with Crippen LogP contribution in [0, 0.1) is 27.7 Å². The summed E-state index contributed by atoms with van der Waals surface area (Å²) in [5.41, 5.74) is 6.33. The maximum atomic E-state index is 12.7. The fourth-order valence-corrected chi connectivity index (χ4v) is 3.78. The van der Waals surface area contributed by atoms with Crippen molar-refractivity contribution in [3.05, 3.63) is 70.8 Å². The normalized spacial score (nSPS) is 10.9. The highest BCUT2D eigenvalue weighted by Crippen LogP contribution is 2.24. The van der Waals surface area contributed by atoms with E-state index in [0.717, 1.165) is 22.6 Å². The first-order valence-electron chi connectivity index (χ1n) is 8.16. The van der Waals surface area contributed by atoms with Crippen LogP contribution >= 0.6 is 11.8 Å². The van der Waals surface area contributed by atoms with Crippen LogP contribution in [0.25, 0.3) is 5.69 Å². The molecule has 0 aliphatic carbocycles. The Hall–Kier alpha value is -2.40. The van der Waals surface area contributed by atoms with Crippen molar-refractivity contribution in [1.29, 1.82) is 0 Å². The maximum absolute atomic E-state index is 12.7. The van der Waals surface area contributed by atoms with Gasteiger partial charge in [-0.2, -0.15) is 0 Å². The van der Waals surface area contributed by atoms with Gasteiger partial charge in [-0.05, 0) is 63.1 Å². The summed E-state index contributed by atoms with van der Waals surface area (Å²) in [6.45, 7) is 8.22. The summed E-state index contributed by atoms with van der Waals surface area (Å²) in [6.07, 6.45) is 3.37. The van der Waals surface area contributed by atoms with Crippen LogP contribution in [0.1, 0.15) is 32.9 Å². The van der Waals surface area contributed by atoms with Gasteiger partial charge in [0.05, 0.1) is 5.75 Å². The predicted octanol–water partition coefficient (Wildman–Crippen LogP) is 4.48. The molecule has 0 saturated heterocycles. The second-order valence-corrected chi connectivity index (χ2v) is 7.15. The summed E-state index contributed by atoms with van der Waals surface area (Å²) < 4.78 is 2.15. The zero-order valence-corrected chi connectivity index (χ0v) is 15.7. The molecule has 0 amide bonds. The van der Waals surface area contributed by atoms with Gasteiger partial charge in [0, 0.05) is 35.0 Å². The molecule has 4 nitrogen and oxygen atoms in total. The standard InChI is InChI=1S/C20H21N3OS/c1-13-8-14(2)10-17(9-13)23-15(3)11-18(16(23)4)19(24)12-25-20-21-6-5-7-22-20/h5-11H,12H2,1-4H3. The first-order chi connectivity index (χ1) is 12.0. The Balaban J connectivity index is 1.87. The molecule has 2 heterocycles. The molecule has 128 valence electrons. The summed E-state index contributed by atoms with van der Waals surface area (Å²) in [4.78, 5) is 21.0. The van der Waals surface area contributed by atoms with Gasteiger partial charge in [-0.1, -0.05) is 17.8 Å². The SMILES string of the molecule is Cc1cc(C)cc(-n2c(C)cc(C(=O)CSc3ncccn3)c2C)c1. The van der Waals surface area contributed by atoms with Crippen molar-refractivity contribution in [3.8, 4) is 5.69 Å². The minimum atomic E-state index is 0.0983. The Kier molecular flexibility index (Phi) is 5.04. The van der Waals surface area contributed by atoms with Gasteiger partial charge in [0.1, 0.15) is 0 Å². The molecule has 0 spiro atoms. The van der Waals surface area contributed by atoms with Crippen LogP contribution in [0.3, 0.4) is 0 Å². The summed E-state index contributed by atoms with van der Waals surface area (Å²) in [7, 11) is 0. The number of carbonyl (C=O) groups is 1. The van der Waals surface area contributed by atoms with E-state index in [4.69, 9.17) is 0 Å². The van der Waals surface area contributed by atoms with Gasteiger partial charge in [-0.3, -0.25) is 4.79 Å². The summed E-state index contributed by atoms with van der Waals surface area (Å²) in [6, 6.07) is 10.2. The molecule has 0 N–H and O–H groups in total. The molecule has 0 fully saturated rings. The second-order valence-electron chi connectivity index (χ2n) is 6.21. The number of benzene rings is 1. The highest BCUT2D eigenvalue weighted by molar-refractivity contribution is 7.99. The number of aromatic nitrogens is 3. The summed E-state index contributed by atoms with van der Waals surface area (Å²) >= 11 is 1.37. The molecule has 5 heteroatoms. The number of aryl methyl sites for hydroxylation is 3. The van der Waals surface area contributed by atoms with Crippen LogP contribution in [-0.2, 0) is 0 Å². The van der Waals surface area contributed by atoms with Gasteiger partial charge < -0.3 is 4.57 Å². The van der Waals surface area contributed by atoms with Crippen molar-refractivity contribution in [2.45, 2.75) is 32.9 Å². The lowest BCUT2D eigenvalue weighted by molar-refractivity contribution is 0.102. The molecule has 3 rings (SSSR count). The average Bonchev–Trinajstić information content (AvgIpc) is 2.87. The van der Waals surface area contributed by atoms with Crippen LogP contribution in [0.4, 0.5) is 0 Å². The zero-order chi connectivity index (χ0) is 18.0. The Morgan fingerprint density at radius 1 is 1.00 bits per heavy atom. The number of hydrogen-bond acceptors (Lipinski definition) is 4. The molecule has 3 aromatic rings. The zero-order valence-electron chi connectivity index (χ0n) is 14.9. The van der Waals surface area contributed by atoms with E-state index in [0.29, 0.717) is 10.9 Å². The molecule has 0 aliphatic heterocycles. The number of carbonyl (C=O) groups excluding carboxylic acids is 1. The largest absolute Gasteiger partial charge is 0.318 e. The molecule has 1 aromatic carbocycles. The van der Waals surface area contributed by atoms with Gasteiger partial charge in [-0.25, -0.2) is 9.97 Å². The van der Waals surface area contributed by atoms with Crippen molar-refractivity contribution in [2.75, 3.05) is 5.75 Å². The number of thioether (sulfide) groups is 1. The molecule has 0 bridgehead atoms. The lowest BCUT2D eigenvalue weighted by Crippen LogP contribution is -2.06. The quantitative estimate of drug-likeness (QED) is 0.386. The highest BCUT2D eigenvalue weighted by atomic mass is 32.2. The molecule has 25 heavy (non-hydrogen) atoms. The Morgan fingerprint density at radius 2 is 1.64 bits per heavy atom. The number of rotatable bonds is 5. The molecule has 2 aromatic heterocycles. The highest BCUT2D eigenvalue weighted by Gasteiger charge is 2.17. The van der Waals surface area contributed by atoms with Crippen molar-refractivity contribution < 1.29 is 4.79 Å². The maximum Gasteiger partial charge on any atom is 0.187 e. The first-order valence-corrected chi connectivity index (χ1v) is 9.15. The third-order valence-electron chi connectivity index (χ3n) is 4.07. The van der Waals surface area contributed by atoms with E-state index in [9.17, 15) is 4.79 Å². The number of Topliss-reactive ketones (excluding diaryl/α,β-unsaturated/α-hetero) is 1. The van der Waals surface area contributed by atoms with E-state index in [1.165, 1.54) is 22.9 Å². The van der Waals surface area contributed by atoms with E-state index in [2.05, 4.69) is 46.6 Å². The number of ketones is 1. The third kappa shape index (κ3) is 3.82. The van der Waals surface area contributed by atoms with Crippen LogP contribution in [0.2, 0.25) is 0 Å². The fourth-order valence-electron chi connectivity index (χ4n) is 3.09.